The molecule has 2 aromatic rings. The first-order valence-electron chi connectivity index (χ1n) is 9.21. The van der Waals surface area contributed by atoms with Gasteiger partial charge in [-0.3, -0.25) is 14.3 Å². The molecule has 3 rings (SSSR count). The van der Waals surface area contributed by atoms with Crippen LogP contribution in [0.15, 0.2) is 30.3 Å². The first-order chi connectivity index (χ1) is 12.5. The van der Waals surface area contributed by atoms with E-state index in [1.165, 1.54) is 5.56 Å². The molecule has 1 N–H and O–H groups in total. The van der Waals surface area contributed by atoms with E-state index in [1.54, 1.807) is 10.7 Å². The minimum atomic E-state index is -0.224. The van der Waals surface area contributed by atoms with Gasteiger partial charge < -0.3 is 10.2 Å². The quantitative estimate of drug-likeness (QED) is 0.898. The molecule has 0 spiro atoms. The third-order valence-electron chi connectivity index (χ3n) is 4.76. The van der Waals surface area contributed by atoms with E-state index in [-0.39, 0.29) is 17.9 Å². The van der Waals surface area contributed by atoms with E-state index in [2.05, 4.69) is 16.5 Å². The summed E-state index contributed by atoms with van der Waals surface area (Å²) >= 11 is 0. The second kappa shape index (κ2) is 7.72. The largest absolute Gasteiger partial charge is 0.348 e. The number of fused-ring (bicyclic) bond motifs is 1. The van der Waals surface area contributed by atoms with Gasteiger partial charge in [0.2, 0.25) is 0 Å². The van der Waals surface area contributed by atoms with E-state index < -0.39 is 0 Å². The minimum absolute atomic E-state index is 0.0703. The van der Waals surface area contributed by atoms with Crippen LogP contribution in [0.1, 0.15) is 58.8 Å². The van der Waals surface area contributed by atoms with Gasteiger partial charge in [-0.25, -0.2) is 0 Å². The highest BCUT2D eigenvalue weighted by Crippen LogP contribution is 2.17. The highest BCUT2D eigenvalue weighted by molar-refractivity contribution is 5.98. The number of nitrogens with one attached hydrogen (secondary N) is 1. The Balaban J connectivity index is 1.79. The molecule has 2 amide bonds. The molecule has 6 nitrogen and oxygen atoms in total. The van der Waals surface area contributed by atoms with E-state index >= 15 is 0 Å². The zero-order valence-corrected chi connectivity index (χ0v) is 15.7. The summed E-state index contributed by atoms with van der Waals surface area (Å²) in [6, 6.07) is 9.89. The van der Waals surface area contributed by atoms with Crippen LogP contribution in [-0.4, -0.2) is 39.1 Å². The lowest BCUT2D eigenvalue weighted by atomic mass is 10.1. The number of benzene rings is 1. The Morgan fingerprint density at radius 3 is 2.85 bits per heavy atom. The van der Waals surface area contributed by atoms with E-state index in [0.717, 1.165) is 18.4 Å². The minimum Gasteiger partial charge on any atom is -0.348 e. The normalized spacial score (nSPS) is 15.3. The van der Waals surface area contributed by atoms with Gasteiger partial charge in [-0.05, 0) is 32.3 Å². The number of aromatic nitrogens is 2. The van der Waals surface area contributed by atoms with Crippen LogP contribution >= 0.6 is 0 Å². The summed E-state index contributed by atoms with van der Waals surface area (Å²) in [5, 5.41) is 7.26. The average Bonchev–Trinajstić information content (AvgIpc) is 2.99. The second-order valence-electron chi connectivity index (χ2n) is 6.99. The van der Waals surface area contributed by atoms with E-state index in [1.807, 2.05) is 43.9 Å². The third-order valence-corrected chi connectivity index (χ3v) is 4.76. The molecule has 0 radical (unpaired) electrons. The third kappa shape index (κ3) is 3.95. The van der Waals surface area contributed by atoms with Crippen molar-refractivity contribution in [2.75, 3.05) is 6.54 Å². The van der Waals surface area contributed by atoms with Crippen LogP contribution in [0, 0.1) is 6.92 Å². The summed E-state index contributed by atoms with van der Waals surface area (Å²) in [6.45, 7) is 7.91. The van der Waals surface area contributed by atoms with Crippen molar-refractivity contribution < 1.29 is 9.59 Å². The monoisotopic (exact) mass is 354 g/mol. The van der Waals surface area contributed by atoms with Crippen LogP contribution in [0.4, 0.5) is 0 Å². The van der Waals surface area contributed by atoms with Gasteiger partial charge in [-0.1, -0.05) is 36.8 Å². The Kier molecular flexibility index (Phi) is 5.40. The molecule has 0 aliphatic carbocycles. The lowest BCUT2D eigenvalue weighted by molar-refractivity contribution is 0.0745. The van der Waals surface area contributed by atoms with Crippen molar-refractivity contribution in [3.8, 4) is 0 Å². The highest BCUT2D eigenvalue weighted by atomic mass is 16.2. The van der Waals surface area contributed by atoms with Gasteiger partial charge >= 0.3 is 0 Å². The van der Waals surface area contributed by atoms with Gasteiger partial charge in [-0.2, -0.15) is 5.10 Å². The standard InChI is InChI=1S/C20H26N4O2/c1-4-15(3)21-19(25)17-12-18-20(26)23(9-6-10-24(18)22-17)13-16-8-5-7-14(2)11-16/h5,7-8,11-12,15H,4,6,9-10,13H2,1-3H3,(H,21,25)/t15-/m1/s1. The number of hydrogen-bond acceptors (Lipinski definition) is 3. The molecule has 0 fully saturated rings. The van der Waals surface area contributed by atoms with Gasteiger partial charge in [0.15, 0.2) is 5.69 Å². The number of amides is 2. The van der Waals surface area contributed by atoms with Crippen LogP contribution in [0.2, 0.25) is 0 Å². The maximum absolute atomic E-state index is 13.0. The maximum Gasteiger partial charge on any atom is 0.272 e. The summed E-state index contributed by atoms with van der Waals surface area (Å²) < 4.78 is 1.67. The first-order valence-corrected chi connectivity index (χ1v) is 9.21. The van der Waals surface area contributed by atoms with Crippen molar-refractivity contribution in [1.82, 2.24) is 20.0 Å². The van der Waals surface area contributed by atoms with Crippen LogP contribution in [-0.2, 0) is 13.1 Å². The summed E-state index contributed by atoms with van der Waals surface area (Å²) in [5.41, 5.74) is 3.09. The molecule has 1 aliphatic heterocycles. The predicted octanol–water partition coefficient (Wildman–Crippen LogP) is 2.77. The van der Waals surface area contributed by atoms with Crippen molar-refractivity contribution in [3.05, 3.63) is 52.8 Å². The molecule has 138 valence electrons. The predicted molar refractivity (Wildman–Crippen MR) is 100.0 cm³/mol. The van der Waals surface area contributed by atoms with E-state index in [0.29, 0.717) is 31.0 Å². The number of hydrogen-bond donors (Lipinski definition) is 1. The van der Waals surface area contributed by atoms with Gasteiger partial charge in [0.05, 0.1) is 0 Å². The van der Waals surface area contributed by atoms with E-state index in [4.69, 9.17) is 0 Å². The molecule has 6 heteroatoms. The number of aryl methyl sites for hydroxylation is 2. The summed E-state index contributed by atoms with van der Waals surface area (Å²) in [7, 11) is 0. The molecule has 26 heavy (non-hydrogen) atoms. The molecule has 0 bridgehead atoms. The van der Waals surface area contributed by atoms with Crippen molar-refractivity contribution >= 4 is 11.8 Å². The maximum atomic E-state index is 13.0. The number of carbonyl (C=O) groups excluding carboxylic acids is 2. The Bertz CT molecular complexity index is 812. The molecule has 0 unspecified atom stereocenters. The Morgan fingerprint density at radius 1 is 1.31 bits per heavy atom. The van der Waals surface area contributed by atoms with Crippen molar-refractivity contribution in [2.24, 2.45) is 0 Å². The van der Waals surface area contributed by atoms with Crippen molar-refractivity contribution in [2.45, 2.75) is 52.7 Å². The smallest absolute Gasteiger partial charge is 0.272 e. The van der Waals surface area contributed by atoms with Crippen LogP contribution in [0.3, 0.4) is 0 Å². The summed E-state index contributed by atoms with van der Waals surface area (Å²) in [5.74, 6) is -0.294. The summed E-state index contributed by atoms with van der Waals surface area (Å²) in [4.78, 5) is 27.1. The topological polar surface area (TPSA) is 67.2 Å². The molecule has 0 saturated carbocycles. The highest BCUT2D eigenvalue weighted by Gasteiger charge is 2.26. The van der Waals surface area contributed by atoms with Gasteiger partial charge in [0, 0.05) is 31.7 Å². The Labute approximate surface area is 154 Å². The van der Waals surface area contributed by atoms with Gasteiger partial charge in [0.1, 0.15) is 5.69 Å². The second-order valence-corrected chi connectivity index (χ2v) is 6.99. The number of rotatable bonds is 5. The van der Waals surface area contributed by atoms with Crippen LogP contribution < -0.4 is 5.32 Å². The lowest BCUT2D eigenvalue weighted by Gasteiger charge is -2.20. The van der Waals surface area contributed by atoms with Gasteiger partial charge in [-0.15, -0.1) is 0 Å². The molecule has 1 atom stereocenters. The molecule has 2 heterocycles. The van der Waals surface area contributed by atoms with Crippen LogP contribution in [0.5, 0.6) is 0 Å². The molecular formula is C20H26N4O2. The molecular weight excluding hydrogens is 328 g/mol. The molecule has 1 aromatic heterocycles. The molecule has 0 saturated heterocycles. The van der Waals surface area contributed by atoms with Crippen molar-refractivity contribution in [1.29, 1.82) is 0 Å². The fourth-order valence-electron chi connectivity index (χ4n) is 3.13. The number of nitrogens with zero attached hydrogens (tertiary/aromatic N) is 3. The Morgan fingerprint density at radius 2 is 2.12 bits per heavy atom. The fraction of sp³-hybridized carbons (Fsp3) is 0.450. The van der Waals surface area contributed by atoms with Gasteiger partial charge in [0.25, 0.3) is 11.8 Å². The Hall–Kier alpha value is -2.63. The lowest BCUT2D eigenvalue weighted by Crippen LogP contribution is -2.32. The van der Waals surface area contributed by atoms with Crippen LogP contribution in [0.25, 0.3) is 0 Å². The fourth-order valence-corrected chi connectivity index (χ4v) is 3.13. The SMILES string of the molecule is CC[C@@H](C)NC(=O)c1cc2n(n1)CCCN(Cc1cccc(C)c1)C2=O. The molecule has 1 aliphatic rings. The molecule has 1 aromatic carbocycles. The van der Waals surface area contributed by atoms with E-state index in [9.17, 15) is 9.59 Å². The van der Waals surface area contributed by atoms with Crippen molar-refractivity contribution in [3.63, 3.8) is 0 Å². The average molecular weight is 354 g/mol. The number of carbonyl (C=O) groups is 2. The first kappa shape index (κ1) is 18.2. The zero-order chi connectivity index (χ0) is 18.7. The zero-order valence-electron chi connectivity index (χ0n) is 15.7. The summed E-state index contributed by atoms with van der Waals surface area (Å²) in [6.07, 6.45) is 1.67.